The zero-order chi connectivity index (χ0) is 15.5. The summed E-state index contributed by atoms with van der Waals surface area (Å²) in [7, 11) is 0. The summed E-state index contributed by atoms with van der Waals surface area (Å²) in [5.41, 5.74) is 1.02. The predicted molar refractivity (Wildman–Crippen MR) is 92.3 cm³/mol. The summed E-state index contributed by atoms with van der Waals surface area (Å²) in [6.45, 7) is 3.22. The normalized spacial score (nSPS) is 14.9. The SMILES string of the molecule is c1ccc2c(Nc3nccc(N4CCOCC4)n3)cccc2c1. The Bertz CT molecular complexity index is 809. The van der Waals surface area contributed by atoms with Gasteiger partial charge in [0, 0.05) is 30.4 Å². The number of ether oxygens (including phenoxy) is 1. The van der Waals surface area contributed by atoms with Crippen LogP contribution in [0.5, 0.6) is 0 Å². The highest BCUT2D eigenvalue weighted by atomic mass is 16.5. The molecule has 0 spiro atoms. The first kappa shape index (κ1) is 14.0. The highest BCUT2D eigenvalue weighted by Crippen LogP contribution is 2.25. The van der Waals surface area contributed by atoms with Crippen LogP contribution in [0.2, 0.25) is 0 Å². The summed E-state index contributed by atoms with van der Waals surface area (Å²) >= 11 is 0. The first-order chi connectivity index (χ1) is 11.4. The molecule has 0 unspecified atom stereocenters. The first-order valence-electron chi connectivity index (χ1n) is 7.81. The number of hydrogen-bond acceptors (Lipinski definition) is 5. The van der Waals surface area contributed by atoms with Crippen molar-refractivity contribution in [2.75, 3.05) is 36.5 Å². The van der Waals surface area contributed by atoms with Crippen molar-refractivity contribution < 1.29 is 4.74 Å². The lowest BCUT2D eigenvalue weighted by Gasteiger charge is -2.27. The summed E-state index contributed by atoms with van der Waals surface area (Å²) < 4.78 is 5.39. The van der Waals surface area contributed by atoms with Crippen molar-refractivity contribution in [2.45, 2.75) is 0 Å². The number of morpholine rings is 1. The fraction of sp³-hybridized carbons (Fsp3) is 0.222. The second kappa shape index (κ2) is 6.22. The largest absolute Gasteiger partial charge is 0.378 e. The summed E-state index contributed by atoms with van der Waals surface area (Å²) in [5, 5.41) is 5.70. The molecule has 116 valence electrons. The molecule has 0 amide bonds. The van der Waals surface area contributed by atoms with Crippen molar-refractivity contribution in [1.29, 1.82) is 0 Å². The van der Waals surface area contributed by atoms with Gasteiger partial charge in [-0.3, -0.25) is 0 Å². The molecule has 0 saturated carbocycles. The summed E-state index contributed by atoms with van der Waals surface area (Å²) in [4.78, 5) is 11.2. The number of benzene rings is 2. The Balaban J connectivity index is 1.63. The maximum absolute atomic E-state index is 5.39. The third kappa shape index (κ3) is 2.96. The molecule has 4 rings (SSSR count). The molecule has 1 aliphatic rings. The molecule has 1 saturated heterocycles. The number of hydrogen-bond donors (Lipinski definition) is 1. The van der Waals surface area contributed by atoms with Crippen molar-refractivity contribution in [3.05, 3.63) is 54.7 Å². The summed E-state index contributed by atoms with van der Waals surface area (Å²) in [6.07, 6.45) is 1.80. The fourth-order valence-electron chi connectivity index (χ4n) is 2.83. The second-order valence-electron chi connectivity index (χ2n) is 5.49. The van der Waals surface area contributed by atoms with E-state index in [9.17, 15) is 0 Å². The molecular formula is C18H18N4O. The molecule has 2 aromatic carbocycles. The maximum Gasteiger partial charge on any atom is 0.229 e. The number of nitrogens with one attached hydrogen (secondary N) is 1. The van der Waals surface area contributed by atoms with Gasteiger partial charge >= 0.3 is 0 Å². The van der Waals surface area contributed by atoms with Crippen LogP contribution in [-0.4, -0.2) is 36.3 Å². The molecular weight excluding hydrogens is 288 g/mol. The fourth-order valence-corrected chi connectivity index (χ4v) is 2.83. The third-order valence-corrected chi connectivity index (χ3v) is 4.01. The van der Waals surface area contributed by atoms with Crippen LogP contribution in [-0.2, 0) is 4.74 Å². The minimum atomic E-state index is 0.616. The number of anilines is 3. The Hall–Kier alpha value is -2.66. The van der Waals surface area contributed by atoms with Crippen LogP contribution in [0.3, 0.4) is 0 Å². The van der Waals surface area contributed by atoms with Crippen LogP contribution < -0.4 is 10.2 Å². The van der Waals surface area contributed by atoms with E-state index in [1.165, 1.54) is 5.39 Å². The zero-order valence-electron chi connectivity index (χ0n) is 12.8. The van der Waals surface area contributed by atoms with Gasteiger partial charge in [0.15, 0.2) is 0 Å². The Labute approximate surface area is 134 Å². The lowest BCUT2D eigenvalue weighted by atomic mass is 10.1. The van der Waals surface area contributed by atoms with Crippen LogP contribution in [0.15, 0.2) is 54.7 Å². The molecule has 0 bridgehead atoms. The topological polar surface area (TPSA) is 50.3 Å². The number of fused-ring (bicyclic) bond motifs is 1. The van der Waals surface area contributed by atoms with Gasteiger partial charge in [0.2, 0.25) is 5.95 Å². The highest BCUT2D eigenvalue weighted by Gasteiger charge is 2.13. The predicted octanol–water partition coefficient (Wildman–Crippen LogP) is 3.21. The summed E-state index contributed by atoms with van der Waals surface area (Å²) in [6, 6.07) is 16.4. The zero-order valence-corrected chi connectivity index (χ0v) is 12.8. The van der Waals surface area contributed by atoms with Gasteiger partial charge in [0.05, 0.1) is 13.2 Å². The average Bonchev–Trinajstić information content (AvgIpc) is 2.63. The molecule has 0 radical (unpaired) electrons. The highest BCUT2D eigenvalue weighted by molar-refractivity contribution is 5.94. The van der Waals surface area contributed by atoms with Crippen molar-refractivity contribution in [2.24, 2.45) is 0 Å². The second-order valence-corrected chi connectivity index (χ2v) is 5.49. The van der Waals surface area contributed by atoms with Crippen LogP contribution in [0.4, 0.5) is 17.5 Å². The van der Waals surface area contributed by atoms with Gasteiger partial charge < -0.3 is 15.0 Å². The smallest absolute Gasteiger partial charge is 0.229 e. The Kier molecular flexibility index (Phi) is 3.78. The van der Waals surface area contributed by atoms with Crippen molar-refractivity contribution >= 4 is 28.2 Å². The van der Waals surface area contributed by atoms with E-state index >= 15 is 0 Å². The van der Waals surface area contributed by atoms with Crippen molar-refractivity contribution in [3.8, 4) is 0 Å². The Morgan fingerprint density at radius 1 is 0.957 bits per heavy atom. The Morgan fingerprint density at radius 3 is 2.70 bits per heavy atom. The third-order valence-electron chi connectivity index (χ3n) is 4.01. The van der Waals surface area contributed by atoms with Crippen LogP contribution in [0, 0.1) is 0 Å². The quantitative estimate of drug-likeness (QED) is 0.805. The van der Waals surface area contributed by atoms with E-state index in [4.69, 9.17) is 4.74 Å². The van der Waals surface area contributed by atoms with Gasteiger partial charge in [-0.1, -0.05) is 36.4 Å². The first-order valence-corrected chi connectivity index (χ1v) is 7.81. The minimum absolute atomic E-state index is 0.616. The maximum atomic E-state index is 5.39. The van der Waals surface area contributed by atoms with E-state index in [1.807, 2.05) is 30.3 Å². The van der Waals surface area contributed by atoms with Crippen molar-refractivity contribution in [1.82, 2.24) is 9.97 Å². The van der Waals surface area contributed by atoms with Gasteiger partial charge in [0.25, 0.3) is 0 Å². The van der Waals surface area contributed by atoms with Gasteiger partial charge in [-0.15, -0.1) is 0 Å². The molecule has 1 aromatic heterocycles. The lowest BCUT2D eigenvalue weighted by molar-refractivity contribution is 0.122. The monoisotopic (exact) mass is 306 g/mol. The van der Waals surface area contributed by atoms with Crippen LogP contribution >= 0.6 is 0 Å². The molecule has 5 heteroatoms. The van der Waals surface area contributed by atoms with E-state index < -0.39 is 0 Å². The number of nitrogens with zero attached hydrogens (tertiary/aromatic N) is 3. The minimum Gasteiger partial charge on any atom is -0.378 e. The van der Waals surface area contributed by atoms with Crippen LogP contribution in [0.1, 0.15) is 0 Å². The van der Waals surface area contributed by atoms with Crippen molar-refractivity contribution in [3.63, 3.8) is 0 Å². The molecule has 1 aliphatic heterocycles. The number of rotatable bonds is 3. The molecule has 0 aliphatic carbocycles. The molecule has 3 aromatic rings. The van der Waals surface area contributed by atoms with Gasteiger partial charge in [0.1, 0.15) is 5.82 Å². The number of aromatic nitrogens is 2. The van der Waals surface area contributed by atoms with E-state index in [1.54, 1.807) is 6.20 Å². The molecule has 1 N–H and O–H groups in total. The van der Waals surface area contributed by atoms with E-state index in [2.05, 4.69) is 38.4 Å². The van der Waals surface area contributed by atoms with Gasteiger partial charge in [-0.25, -0.2) is 4.98 Å². The average molecular weight is 306 g/mol. The molecule has 2 heterocycles. The van der Waals surface area contributed by atoms with Crippen LogP contribution in [0.25, 0.3) is 10.8 Å². The van der Waals surface area contributed by atoms with Gasteiger partial charge in [-0.2, -0.15) is 4.98 Å². The summed E-state index contributed by atoms with van der Waals surface area (Å²) in [5.74, 6) is 1.55. The molecule has 5 nitrogen and oxygen atoms in total. The van der Waals surface area contributed by atoms with Gasteiger partial charge in [-0.05, 0) is 17.5 Å². The van der Waals surface area contributed by atoms with E-state index in [0.29, 0.717) is 5.95 Å². The molecule has 0 atom stereocenters. The lowest BCUT2D eigenvalue weighted by Crippen LogP contribution is -2.36. The van der Waals surface area contributed by atoms with E-state index in [0.717, 1.165) is 43.2 Å². The molecule has 1 fully saturated rings. The van der Waals surface area contributed by atoms with E-state index in [-0.39, 0.29) is 0 Å². The standard InChI is InChI=1S/C18H18N4O/c1-2-6-15-14(4-1)5-3-7-16(15)20-18-19-9-8-17(21-18)22-10-12-23-13-11-22/h1-9H,10-13H2,(H,19,20,21). The molecule has 23 heavy (non-hydrogen) atoms. The Morgan fingerprint density at radius 2 is 1.78 bits per heavy atom.